The second-order valence-electron chi connectivity index (χ2n) is 4.80. The van der Waals surface area contributed by atoms with Crippen molar-refractivity contribution in [3.63, 3.8) is 0 Å². The first-order valence-electron chi connectivity index (χ1n) is 6.05. The van der Waals surface area contributed by atoms with Gasteiger partial charge in [0.25, 0.3) is 5.56 Å². The van der Waals surface area contributed by atoms with Crippen molar-refractivity contribution in [2.24, 2.45) is 7.05 Å². The lowest BCUT2D eigenvalue weighted by atomic mass is 10.1. The van der Waals surface area contributed by atoms with E-state index in [9.17, 15) is 4.79 Å². The van der Waals surface area contributed by atoms with Crippen molar-refractivity contribution in [3.05, 3.63) is 58.0 Å². The van der Waals surface area contributed by atoms with E-state index in [0.29, 0.717) is 11.8 Å². The van der Waals surface area contributed by atoms with Crippen LogP contribution in [0.25, 0.3) is 0 Å². The van der Waals surface area contributed by atoms with Gasteiger partial charge in [0.15, 0.2) is 0 Å². The molecule has 0 radical (unpaired) electrons. The molecular weight excluding hydrogens is 226 g/mol. The second-order valence-corrected chi connectivity index (χ2v) is 4.80. The monoisotopic (exact) mass is 241 g/mol. The number of nitrogens with zero attached hydrogens (tertiary/aromatic N) is 2. The second kappa shape index (κ2) is 3.98. The molecule has 4 nitrogen and oxygen atoms in total. The number of hydrogen-bond donors (Lipinski definition) is 1. The zero-order chi connectivity index (χ0) is 12.7. The van der Waals surface area contributed by atoms with Crippen LogP contribution in [0.3, 0.4) is 0 Å². The summed E-state index contributed by atoms with van der Waals surface area (Å²) in [6, 6.07) is 11.9. The molecule has 0 spiro atoms. The highest BCUT2D eigenvalue weighted by atomic mass is 16.1. The van der Waals surface area contributed by atoms with Crippen LogP contribution >= 0.6 is 0 Å². The van der Waals surface area contributed by atoms with Gasteiger partial charge in [-0.1, -0.05) is 30.3 Å². The first-order valence-corrected chi connectivity index (χ1v) is 6.05. The Bertz CT molecular complexity index is 633. The van der Waals surface area contributed by atoms with Crippen LogP contribution in [0.5, 0.6) is 0 Å². The number of benzene rings is 1. The third-order valence-corrected chi connectivity index (χ3v) is 3.59. The zero-order valence-corrected chi connectivity index (χ0v) is 10.2. The van der Waals surface area contributed by atoms with Crippen LogP contribution in [0, 0.1) is 0 Å². The molecule has 1 fully saturated rings. The van der Waals surface area contributed by atoms with Crippen LogP contribution < -0.4 is 11.3 Å². The Morgan fingerprint density at radius 3 is 2.67 bits per heavy atom. The summed E-state index contributed by atoms with van der Waals surface area (Å²) in [6.07, 6.45) is 1.05. The molecule has 0 amide bonds. The first-order chi connectivity index (χ1) is 8.66. The number of hydrogen-bond acceptors (Lipinski definition) is 3. The maximum atomic E-state index is 11.7. The molecule has 2 N–H and O–H groups in total. The fourth-order valence-corrected chi connectivity index (χ4v) is 2.36. The number of nitrogen functional groups attached to an aromatic ring is 1. The molecule has 1 aromatic heterocycles. The highest BCUT2D eigenvalue weighted by Gasteiger charge is 2.40. The summed E-state index contributed by atoms with van der Waals surface area (Å²) in [5.41, 5.74) is 7.77. The molecule has 2 atom stereocenters. The van der Waals surface area contributed by atoms with Gasteiger partial charge in [-0.2, -0.15) is 0 Å². The SMILES string of the molecule is Cn1c(N)nc([C@@H]2C[C@H]2c2ccccc2)cc1=O. The summed E-state index contributed by atoms with van der Waals surface area (Å²) in [5, 5.41) is 0. The fraction of sp³-hybridized carbons (Fsp3) is 0.286. The van der Waals surface area contributed by atoms with E-state index in [1.807, 2.05) is 18.2 Å². The molecule has 92 valence electrons. The van der Waals surface area contributed by atoms with Gasteiger partial charge < -0.3 is 5.73 Å². The van der Waals surface area contributed by atoms with Gasteiger partial charge in [0.1, 0.15) is 0 Å². The summed E-state index contributed by atoms with van der Waals surface area (Å²) in [4.78, 5) is 16.0. The van der Waals surface area contributed by atoms with E-state index < -0.39 is 0 Å². The average Bonchev–Trinajstić information content (AvgIpc) is 3.17. The Labute approximate surface area is 105 Å². The molecule has 0 bridgehead atoms. The van der Waals surface area contributed by atoms with E-state index in [4.69, 9.17) is 5.73 Å². The molecule has 0 aliphatic heterocycles. The van der Waals surface area contributed by atoms with Crippen LogP contribution in [0.15, 0.2) is 41.2 Å². The summed E-state index contributed by atoms with van der Waals surface area (Å²) in [5.74, 6) is 1.10. The van der Waals surface area contributed by atoms with Crippen molar-refractivity contribution >= 4 is 5.95 Å². The molecule has 1 aliphatic rings. The highest BCUT2D eigenvalue weighted by molar-refractivity contribution is 5.34. The van der Waals surface area contributed by atoms with Gasteiger partial charge in [0.2, 0.25) is 5.95 Å². The van der Waals surface area contributed by atoms with Crippen LogP contribution in [0.4, 0.5) is 5.95 Å². The van der Waals surface area contributed by atoms with Gasteiger partial charge in [-0.3, -0.25) is 9.36 Å². The number of nitrogens with two attached hydrogens (primary N) is 1. The van der Waals surface area contributed by atoms with Crippen molar-refractivity contribution in [2.75, 3.05) is 5.73 Å². The predicted octanol–water partition coefficient (Wildman–Crippen LogP) is 1.63. The number of anilines is 1. The molecule has 3 rings (SSSR count). The van der Waals surface area contributed by atoms with Crippen molar-refractivity contribution in [1.82, 2.24) is 9.55 Å². The minimum atomic E-state index is -0.0868. The maximum absolute atomic E-state index is 11.7. The molecule has 0 unspecified atom stereocenters. The third-order valence-electron chi connectivity index (χ3n) is 3.59. The predicted molar refractivity (Wildman–Crippen MR) is 70.4 cm³/mol. The van der Waals surface area contributed by atoms with Gasteiger partial charge in [0.05, 0.1) is 5.69 Å². The molecule has 1 aliphatic carbocycles. The summed E-state index contributed by atoms with van der Waals surface area (Å²) < 4.78 is 1.36. The Morgan fingerprint density at radius 2 is 2.00 bits per heavy atom. The van der Waals surface area contributed by atoms with Gasteiger partial charge in [0, 0.05) is 19.0 Å². The Hall–Kier alpha value is -2.10. The maximum Gasteiger partial charge on any atom is 0.254 e. The van der Waals surface area contributed by atoms with Crippen LogP contribution in [-0.2, 0) is 7.05 Å². The van der Waals surface area contributed by atoms with Crippen LogP contribution in [0.2, 0.25) is 0 Å². The minimum Gasteiger partial charge on any atom is -0.369 e. The minimum absolute atomic E-state index is 0.0868. The average molecular weight is 241 g/mol. The molecule has 18 heavy (non-hydrogen) atoms. The van der Waals surface area contributed by atoms with Crippen LogP contribution in [-0.4, -0.2) is 9.55 Å². The molecule has 1 saturated carbocycles. The number of aromatic nitrogens is 2. The third kappa shape index (κ3) is 1.79. The van der Waals surface area contributed by atoms with Crippen molar-refractivity contribution < 1.29 is 0 Å². The molecule has 1 aromatic carbocycles. The Kier molecular flexibility index (Phi) is 2.44. The van der Waals surface area contributed by atoms with Gasteiger partial charge >= 0.3 is 0 Å². The molecular formula is C14H15N3O. The largest absolute Gasteiger partial charge is 0.369 e. The van der Waals surface area contributed by atoms with Crippen molar-refractivity contribution in [2.45, 2.75) is 18.3 Å². The normalized spacial score (nSPS) is 21.8. The lowest BCUT2D eigenvalue weighted by Gasteiger charge is -2.05. The van der Waals surface area contributed by atoms with E-state index in [-0.39, 0.29) is 11.5 Å². The molecule has 4 heteroatoms. The molecule has 2 aromatic rings. The summed E-state index contributed by atoms with van der Waals surface area (Å²) >= 11 is 0. The van der Waals surface area contributed by atoms with E-state index in [0.717, 1.165) is 12.1 Å². The first kappa shape index (κ1) is 11.0. The van der Waals surface area contributed by atoms with Crippen LogP contribution in [0.1, 0.15) is 29.5 Å². The standard InChI is InChI=1S/C14H15N3O/c1-17-13(18)8-12(16-14(17)15)11-7-10(11)9-5-3-2-4-6-9/h2-6,8,10-11H,7H2,1H3,(H2,15,16)/t10-,11+/m0/s1. The topological polar surface area (TPSA) is 60.9 Å². The van der Waals surface area contributed by atoms with E-state index in [1.54, 1.807) is 13.1 Å². The summed E-state index contributed by atoms with van der Waals surface area (Å²) in [7, 11) is 1.63. The lowest BCUT2D eigenvalue weighted by Crippen LogP contribution is -2.21. The van der Waals surface area contributed by atoms with Gasteiger partial charge in [-0.05, 0) is 17.9 Å². The van der Waals surface area contributed by atoms with Crippen molar-refractivity contribution in [3.8, 4) is 0 Å². The van der Waals surface area contributed by atoms with Crippen molar-refractivity contribution in [1.29, 1.82) is 0 Å². The molecule has 1 heterocycles. The van der Waals surface area contributed by atoms with E-state index >= 15 is 0 Å². The lowest BCUT2D eigenvalue weighted by molar-refractivity contribution is 0.813. The zero-order valence-electron chi connectivity index (χ0n) is 10.2. The molecule has 0 saturated heterocycles. The fourth-order valence-electron chi connectivity index (χ4n) is 2.36. The quantitative estimate of drug-likeness (QED) is 0.869. The van der Waals surface area contributed by atoms with E-state index in [2.05, 4.69) is 17.1 Å². The Balaban J connectivity index is 1.89. The summed E-state index contributed by atoms with van der Waals surface area (Å²) in [6.45, 7) is 0. The number of rotatable bonds is 2. The van der Waals surface area contributed by atoms with Gasteiger partial charge in [-0.25, -0.2) is 4.98 Å². The Morgan fingerprint density at radius 1 is 1.28 bits per heavy atom. The van der Waals surface area contributed by atoms with E-state index in [1.165, 1.54) is 10.1 Å². The highest BCUT2D eigenvalue weighted by Crippen LogP contribution is 2.53. The van der Waals surface area contributed by atoms with Gasteiger partial charge in [-0.15, -0.1) is 0 Å². The smallest absolute Gasteiger partial charge is 0.254 e.